The predicted molar refractivity (Wildman–Crippen MR) is 86.9 cm³/mol. The van der Waals surface area contributed by atoms with E-state index in [9.17, 15) is 22.8 Å². The van der Waals surface area contributed by atoms with Gasteiger partial charge in [-0.05, 0) is 49.8 Å². The summed E-state index contributed by atoms with van der Waals surface area (Å²) in [6, 6.07) is 4.05. The van der Waals surface area contributed by atoms with Gasteiger partial charge in [0, 0.05) is 13.0 Å². The first-order valence-electron chi connectivity index (χ1n) is 8.11. The zero-order valence-corrected chi connectivity index (χ0v) is 13.8. The number of alkyl halides is 3. The summed E-state index contributed by atoms with van der Waals surface area (Å²) < 4.78 is 37.3. The molecule has 0 radical (unpaired) electrons. The van der Waals surface area contributed by atoms with E-state index < -0.39 is 23.8 Å². The maximum atomic E-state index is 12.4. The average molecular weight is 360 g/mol. The van der Waals surface area contributed by atoms with Crippen molar-refractivity contribution in [2.24, 2.45) is 5.73 Å². The Hall–Kier alpha value is -2.09. The number of carbonyl (C=O) groups is 2. The lowest BCUT2D eigenvalue weighted by atomic mass is 10.1. The lowest BCUT2D eigenvalue weighted by Crippen LogP contribution is -2.30. The molecule has 140 valence electrons. The van der Waals surface area contributed by atoms with E-state index in [1.165, 1.54) is 12.1 Å². The molecule has 0 aliphatic heterocycles. The smallest absolute Gasteiger partial charge is 0.416 e. The predicted octanol–water partition coefficient (Wildman–Crippen LogP) is 2.73. The molecule has 0 heterocycles. The first kappa shape index (κ1) is 21.0. The van der Waals surface area contributed by atoms with E-state index >= 15 is 0 Å². The molecule has 1 atom stereocenters. The Morgan fingerprint density at radius 2 is 1.76 bits per heavy atom. The molecule has 0 aromatic heterocycles. The van der Waals surface area contributed by atoms with Gasteiger partial charge in [-0.2, -0.15) is 13.2 Å². The van der Waals surface area contributed by atoms with E-state index in [2.05, 4.69) is 5.32 Å². The Kier molecular flexibility index (Phi) is 8.40. The number of halogens is 3. The van der Waals surface area contributed by atoms with Crippen molar-refractivity contribution in [3.05, 3.63) is 35.4 Å². The molecule has 5 nitrogen and oxygen atoms in total. The molecule has 0 aliphatic carbocycles. The van der Waals surface area contributed by atoms with E-state index in [0.717, 1.165) is 17.7 Å². The van der Waals surface area contributed by atoms with Crippen molar-refractivity contribution >= 4 is 11.9 Å². The van der Waals surface area contributed by atoms with Crippen molar-refractivity contribution in [1.82, 2.24) is 5.32 Å². The van der Waals surface area contributed by atoms with Gasteiger partial charge in [0.05, 0.1) is 5.56 Å². The molecule has 1 rings (SSSR count). The topological polar surface area (TPSA) is 92.4 Å². The number of rotatable bonds is 10. The molecule has 1 aromatic rings. The van der Waals surface area contributed by atoms with Crippen LogP contribution in [0.2, 0.25) is 0 Å². The van der Waals surface area contributed by atoms with E-state index in [1.807, 2.05) is 0 Å². The van der Waals surface area contributed by atoms with Gasteiger partial charge in [0.2, 0.25) is 5.91 Å². The maximum Gasteiger partial charge on any atom is 0.416 e. The summed E-state index contributed by atoms with van der Waals surface area (Å²) in [5, 5.41) is 11.3. The second-order valence-electron chi connectivity index (χ2n) is 5.84. The van der Waals surface area contributed by atoms with Crippen molar-refractivity contribution < 1.29 is 27.9 Å². The number of aryl methyl sites for hydroxylation is 1. The average Bonchev–Trinajstić information content (AvgIpc) is 2.54. The molecule has 25 heavy (non-hydrogen) atoms. The van der Waals surface area contributed by atoms with Crippen LogP contribution in [0.15, 0.2) is 24.3 Å². The van der Waals surface area contributed by atoms with E-state index in [-0.39, 0.29) is 12.3 Å². The molecule has 1 amide bonds. The second-order valence-corrected chi connectivity index (χ2v) is 5.84. The highest BCUT2D eigenvalue weighted by Crippen LogP contribution is 2.29. The first-order valence-corrected chi connectivity index (χ1v) is 8.11. The van der Waals surface area contributed by atoms with E-state index in [0.29, 0.717) is 38.6 Å². The van der Waals surface area contributed by atoms with Crippen molar-refractivity contribution in [3.63, 3.8) is 0 Å². The molecule has 0 aliphatic rings. The minimum Gasteiger partial charge on any atom is -0.480 e. The Balaban J connectivity index is 2.15. The van der Waals surface area contributed by atoms with Gasteiger partial charge in [0.15, 0.2) is 0 Å². The zero-order chi connectivity index (χ0) is 18.9. The van der Waals surface area contributed by atoms with E-state index in [4.69, 9.17) is 10.8 Å². The summed E-state index contributed by atoms with van der Waals surface area (Å²) in [5.74, 6) is -1.17. The van der Waals surface area contributed by atoms with E-state index in [1.54, 1.807) is 0 Å². The number of aliphatic carboxylic acids is 1. The Morgan fingerprint density at radius 3 is 2.32 bits per heavy atom. The Bertz CT molecular complexity index is 559. The van der Waals surface area contributed by atoms with Gasteiger partial charge in [0.1, 0.15) is 6.04 Å². The van der Waals surface area contributed by atoms with Crippen molar-refractivity contribution in [1.29, 1.82) is 0 Å². The molecule has 0 bridgehead atoms. The van der Waals surface area contributed by atoms with Gasteiger partial charge in [0.25, 0.3) is 0 Å². The van der Waals surface area contributed by atoms with Crippen LogP contribution >= 0.6 is 0 Å². The third-order valence-corrected chi connectivity index (χ3v) is 3.73. The van der Waals surface area contributed by atoms with Gasteiger partial charge < -0.3 is 16.2 Å². The number of hydrogen-bond donors (Lipinski definition) is 3. The van der Waals surface area contributed by atoms with Crippen LogP contribution in [0.1, 0.15) is 43.2 Å². The van der Waals surface area contributed by atoms with Crippen LogP contribution in [-0.4, -0.2) is 29.6 Å². The van der Waals surface area contributed by atoms with Crippen LogP contribution in [0.4, 0.5) is 13.2 Å². The molecule has 4 N–H and O–H groups in total. The summed E-state index contributed by atoms with van der Waals surface area (Å²) >= 11 is 0. The lowest BCUT2D eigenvalue weighted by molar-refractivity contribution is -0.139. The number of hydrogen-bond acceptors (Lipinski definition) is 3. The first-order chi connectivity index (χ1) is 11.7. The van der Waals surface area contributed by atoms with Crippen molar-refractivity contribution in [2.75, 3.05) is 6.54 Å². The van der Waals surface area contributed by atoms with Gasteiger partial charge in [-0.1, -0.05) is 12.1 Å². The number of carbonyl (C=O) groups excluding carboxylic acids is 1. The minimum absolute atomic E-state index is 0.130. The fourth-order valence-corrected chi connectivity index (χ4v) is 2.24. The van der Waals surface area contributed by atoms with Crippen LogP contribution in [-0.2, 0) is 22.2 Å². The fourth-order valence-electron chi connectivity index (χ4n) is 2.24. The maximum absolute atomic E-state index is 12.4. The molecule has 0 unspecified atom stereocenters. The number of benzene rings is 1. The van der Waals surface area contributed by atoms with Crippen molar-refractivity contribution in [3.8, 4) is 0 Å². The number of carboxylic acid groups (broad SMARTS) is 1. The quantitative estimate of drug-likeness (QED) is 0.560. The summed E-state index contributed by atoms with van der Waals surface area (Å²) in [7, 11) is 0. The number of carboxylic acids is 1. The SMILES string of the molecule is N[C@@H](CCCCNC(=O)CCCc1ccc(C(F)(F)F)cc1)C(=O)O. The third kappa shape index (κ3) is 8.53. The van der Waals surface area contributed by atoms with Gasteiger partial charge in [-0.3, -0.25) is 9.59 Å². The molecular weight excluding hydrogens is 337 g/mol. The monoisotopic (exact) mass is 360 g/mol. The Morgan fingerprint density at radius 1 is 1.12 bits per heavy atom. The van der Waals surface area contributed by atoms with Crippen molar-refractivity contribution in [2.45, 2.75) is 50.7 Å². The van der Waals surface area contributed by atoms with Crippen LogP contribution in [0, 0.1) is 0 Å². The highest BCUT2D eigenvalue weighted by Gasteiger charge is 2.29. The molecule has 8 heteroatoms. The molecule has 0 fully saturated rings. The number of nitrogens with one attached hydrogen (secondary N) is 1. The van der Waals surface area contributed by atoms with Gasteiger partial charge >= 0.3 is 12.1 Å². The Labute approximate surface area is 144 Å². The molecule has 0 saturated heterocycles. The number of nitrogens with two attached hydrogens (primary N) is 1. The van der Waals surface area contributed by atoms with Crippen LogP contribution in [0.3, 0.4) is 0 Å². The van der Waals surface area contributed by atoms with Crippen LogP contribution in [0.25, 0.3) is 0 Å². The molecule has 0 saturated carbocycles. The standard InChI is InChI=1S/C17H23F3N2O3/c18-17(19,20)13-9-7-12(8-10-13)4-3-6-15(23)22-11-2-1-5-14(21)16(24)25/h7-10,14H,1-6,11,21H2,(H,22,23)(H,24,25)/t14-/m0/s1. The summed E-state index contributed by atoms with van der Waals surface area (Å²) in [5.41, 5.74) is 5.43. The highest BCUT2D eigenvalue weighted by molar-refractivity contribution is 5.75. The largest absolute Gasteiger partial charge is 0.480 e. The highest BCUT2D eigenvalue weighted by atomic mass is 19.4. The fraction of sp³-hybridized carbons (Fsp3) is 0.529. The minimum atomic E-state index is -4.34. The number of amides is 1. The molecule has 1 aromatic carbocycles. The molecule has 0 spiro atoms. The van der Waals surface area contributed by atoms with Crippen LogP contribution in [0.5, 0.6) is 0 Å². The van der Waals surface area contributed by atoms with Gasteiger partial charge in [-0.25, -0.2) is 0 Å². The summed E-state index contributed by atoms with van der Waals surface area (Å²) in [6.07, 6.45) is -1.37. The summed E-state index contributed by atoms with van der Waals surface area (Å²) in [6.45, 7) is 0.450. The second kappa shape index (κ2) is 10.0. The zero-order valence-electron chi connectivity index (χ0n) is 13.8. The lowest BCUT2D eigenvalue weighted by Gasteiger charge is -2.08. The molecular formula is C17H23F3N2O3. The summed E-state index contributed by atoms with van der Waals surface area (Å²) in [4.78, 5) is 22.2. The number of unbranched alkanes of at least 4 members (excludes halogenated alkanes) is 1. The van der Waals surface area contributed by atoms with Crippen LogP contribution < -0.4 is 11.1 Å². The van der Waals surface area contributed by atoms with Gasteiger partial charge in [-0.15, -0.1) is 0 Å². The third-order valence-electron chi connectivity index (χ3n) is 3.73. The normalized spacial score (nSPS) is 12.6.